The van der Waals surface area contributed by atoms with Crippen molar-refractivity contribution in [2.75, 3.05) is 33.3 Å². The van der Waals surface area contributed by atoms with E-state index >= 15 is 0 Å². The minimum absolute atomic E-state index is 0.0729. The highest BCUT2D eigenvalue weighted by Gasteiger charge is 2.39. The fourth-order valence-electron chi connectivity index (χ4n) is 3.14. The van der Waals surface area contributed by atoms with E-state index in [1.807, 2.05) is 0 Å². The minimum Gasteiger partial charge on any atom is -0.497 e. The Labute approximate surface area is 166 Å². The molecule has 0 atom stereocenters. The van der Waals surface area contributed by atoms with Gasteiger partial charge in [0.25, 0.3) is 5.91 Å². The molecular formula is C19H19F3N2O4S. The van der Waals surface area contributed by atoms with Gasteiger partial charge in [0.05, 0.1) is 17.6 Å². The largest absolute Gasteiger partial charge is 0.497 e. The van der Waals surface area contributed by atoms with Gasteiger partial charge in [-0.05, 0) is 30.3 Å². The fraction of sp³-hybridized carbons (Fsp3) is 0.316. The van der Waals surface area contributed by atoms with Gasteiger partial charge >= 0.3 is 6.18 Å². The number of halogens is 3. The summed E-state index contributed by atoms with van der Waals surface area (Å²) in [5.41, 5.74) is -0.807. The number of nitrogens with zero attached hydrogens (tertiary/aromatic N) is 2. The van der Waals surface area contributed by atoms with Crippen LogP contribution in [0.2, 0.25) is 0 Å². The summed E-state index contributed by atoms with van der Waals surface area (Å²) >= 11 is 0. The topological polar surface area (TPSA) is 66.9 Å². The van der Waals surface area contributed by atoms with Crippen LogP contribution < -0.4 is 4.74 Å². The van der Waals surface area contributed by atoms with Crippen molar-refractivity contribution in [2.24, 2.45) is 0 Å². The van der Waals surface area contributed by atoms with E-state index in [-0.39, 0.29) is 32.1 Å². The first kappa shape index (κ1) is 21.1. The Morgan fingerprint density at radius 1 is 1.00 bits per heavy atom. The number of piperazine rings is 1. The lowest BCUT2D eigenvalue weighted by Crippen LogP contribution is -2.50. The summed E-state index contributed by atoms with van der Waals surface area (Å²) in [4.78, 5) is 13.3. The number of rotatable bonds is 4. The molecule has 1 saturated heterocycles. The number of amides is 1. The first-order valence-electron chi connectivity index (χ1n) is 8.74. The van der Waals surface area contributed by atoms with Gasteiger partial charge in [-0.25, -0.2) is 8.42 Å². The third-order valence-corrected chi connectivity index (χ3v) is 6.61. The highest BCUT2D eigenvalue weighted by molar-refractivity contribution is 7.89. The molecule has 0 aliphatic carbocycles. The molecule has 0 unspecified atom stereocenters. The van der Waals surface area contributed by atoms with Crippen LogP contribution in [0.25, 0.3) is 0 Å². The molecule has 2 aromatic carbocycles. The summed E-state index contributed by atoms with van der Waals surface area (Å²) in [6, 6.07) is 10.7. The standard InChI is InChI=1S/C19H19F3N2O4S/c1-28-15-6-4-5-14(13-15)18(25)23-9-11-24(12-10-23)29(26,27)17-8-3-2-7-16(17)19(20,21)22/h2-8,13H,9-12H2,1H3. The Kier molecular flexibility index (Phi) is 5.85. The van der Waals surface area contributed by atoms with Crippen LogP contribution in [-0.2, 0) is 16.2 Å². The molecule has 2 aromatic rings. The third-order valence-electron chi connectivity index (χ3n) is 4.65. The number of benzene rings is 2. The highest BCUT2D eigenvalue weighted by atomic mass is 32.2. The number of hydrogen-bond donors (Lipinski definition) is 0. The zero-order chi connectivity index (χ0) is 21.2. The van der Waals surface area contributed by atoms with Crippen molar-refractivity contribution in [3.8, 4) is 5.75 Å². The average molecular weight is 428 g/mol. The SMILES string of the molecule is COc1cccc(C(=O)N2CCN(S(=O)(=O)c3ccccc3C(F)(F)F)CC2)c1. The summed E-state index contributed by atoms with van der Waals surface area (Å²) in [5, 5.41) is 0. The van der Waals surface area contributed by atoms with Crippen LogP contribution in [0.4, 0.5) is 13.2 Å². The van der Waals surface area contributed by atoms with Crippen LogP contribution in [0.15, 0.2) is 53.4 Å². The monoisotopic (exact) mass is 428 g/mol. The summed E-state index contributed by atoms with van der Waals surface area (Å²) in [6.07, 6.45) is -4.78. The van der Waals surface area contributed by atoms with Crippen LogP contribution in [0, 0.1) is 0 Å². The van der Waals surface area contributed by atoms with Crippen molar-refractivity contribution in [1.29, 1.82) is 0 Å². The lowest BCUT2D eigenvalue weighted by molar-refractivity contribution is -0.139. The molecular weight excluding hydrogens is 409 g/mol. The summed E-state index contributed by atoms with van der Waals surface area (Å²) in [5.74, 6) is 0.220. The number of methoxy groups -OCH3 is 1. The number of hydrogen-bond acceptors (Lipinski definition) is 4. The van der Waals surface area contributed by atoms with Gasteiger partial charge in [0, 0.05) is 31.7 Å². The summed E-state index contributed by atoms with van der Waals surface area (Å²) in [7, 11) is -2.87. The second kappa shape index (κ2) is 8.03. The Morgan fingerprint density at radius 2 is 1.66 bits per heavy atom. The number of ether oxygens (including phenoxy) is 1. The Hall–Kier alpha value is -2.59. The average Bonchev–Trinajstić information content (AvgIpc) is 2.72. The number of alkyl halides is 3. The predicted octanol–water partition coefficient (Wildman–Crippen LogP) is 2.86. The molecule has 0 saturated carbocycles. The number of sulfonamides is 1. The third kappa shape index (κ3) is 4.38. The van der Waals surface area contributed by atoms with Crippen LogP contribution in [-0.4, -0.2) is 56.8 Å². The van der Waals surface area contributed by atoms with E-state index in [1.54, 1.807) is 24.3 Å². The maximum Gasteiger partial charge on any atom is 0.417 e. The van der Waals surface area contributed by atoms with Crippen molar-refractivity contribution in [3.63, 3.8) is 0 Å². The van der Waals surface area contributed by atoms with Gasteiger partial charge in [0.15, 0.2) is 0 Å². The molecule has 1 heterocycles. The van der Waals surface area contributed by atoms with E-state index in [4.69, 9.17) is 4.74 Å². The molecule has 1 aliphatic heterocycles. The first-order chi connectivity index (χ1) is 13.6. The quantitative estimate of drug-likeness (QED) is 0.751. The van der Waals surface area contributed by atoms with Gasteiger partial charge in [-0.3, -0.25) is 4.79 Å². The van der Waals surface area contributed by atoms with E-state index in [1.165, 1.54) is 18.1 Å². The van der Waals surface area contributed by atoms with Gasteiger partial charge in [0.1, 0.15) is 5.75 Å². The van der Waals surface area contributed by atoms with E-state index in [2.05, 4.69) is 0 Å². The molecule has 6 nitrogen and oxygen atoms in total. The Bertz CT molecular complexity index is 1000. The molecule has 156 valence electrons. The normalized spacial score (nSPS) is 15.9. The van der Waals surface area contributed by atoms with Gasteiger partial charge < -0.3 is 9.64 Å². The smallest absolute Gasteiger partial charge is 0.417 e. The first-order valence-corrected chi connectivity index (χ1v) is 10.2. The molecule has 1 aliphatic rings. The fourth-order valence-corrected chi connectivity index (χ4v) is 4.77. The lowest BCUT2D eigenvalue weighted by atomic mass is 10.1. The molecule has 1 fully saturated rings. The van der Waals surface area contributed by atoms with Crippen LogP contribution in [0.1, 0.15) is 15.9 Å². The Balaban J connectivity index is 1.76. The van der Waals surface area contributed by atoms with Gasteiger partial charge in [-0.15, -0.1) is 0 Å². The molecule has 10 heteroatoms. The van der Waals surface area contributed by atoms with E-state index in [9.17, 15) is 26.4 Å². The molecule has 0 radical (unpaired) electrons. The maximum absolute atomic E-state index is 13.2. The molecule has 0 spiro atoms. The van der Waals surface area contributed by atoms with Crippen molar-refractivity contribution in [2.45, 2.75) is 11.1 Å². The minimum atomic E-state index is -4.78. The molecule has 0 bridgehead atoms. The van der Waals surface area contributed by atoms with Crippen LogP contribution >= 0.6 is 0 Å². The lowest BCUT2D eigenvalue weighted by Gasteiger charge is -2.34. The van der Waals surface area contributed by atoms with Crippen LogP contribution in [0.3, 0.4) is 0 Å². The zero-order valence-electron chi connectivity index (χ0n) is 15.5. The molecule has 1 amide bonds. The second-order valence-corrected chi connectivity index (χ2v) is 8.33. The summed E-state index contributed by atoms with van der Waals surface area (Å²) < 4.78 is 71.3. The van der Waals surface area contributed by atoms with Crippen molar-refractivity contribution in [3.05, 3.63) is 59.7 Å². The zero-order valence-corrected chi connectivity index (χ0v) is 16.3. The second-order valence-electron chi connectivity index (χ2n) is 6.42. The molecule has 3 rings (SSSR count). The van der Waals surface area contributed by atoms with Crippen molar-refractivity contribution in [1.82, 2.24) is 9.21 Å². The van der Waals surface area contributed by atoms with Gasteiger partial charge in [-0.1, -0.05) is 18.2 Å². The predicted molar refractivity (Wildman–Crippen MR) is 99.1 cm³/mol. The molecule has 29 heavy (non-hydrogen) atoms. The van der Waals surface area contributed by atoms with Crippen molar-refractivity contribution < 1.29 is 31.1 Å². The van der Waals surface area contributed by atoms with Gasteiger partial charge in [0.2, 0.25) is 10.0 Å². The number of carbonyl (C=O) groups excluding carboxylic acids is 1. The van der Waals surface area contributed by atoms with E-state index in [0.717, 1.165) is 22.5 Å². The van der Waals surface area contributed by atoms with Crippen LogP contribution in [0.5, 0.6) is 5.75 Å². The summed E-state index contributed by atoms with van der Waals surface area (Å²) in [6.45, 7) is -0.0403. The van der Waals surface area contributed by atoms with Gasteiger partial charge in [-0.2, -0.15) is 17.5 Å². The molecule has 0 aromatic heterocycles. The number of carbonyl (C=O) groups is 1. The van der Waals surface area contributed by atoms with E-state index < -0.39 is 26.7 Å². The van der Waals surface area contributed by atoms with E-state index in [0.29, 0.717) is 11.3 Å². The molecule has 0 N–H and O–H groups in total. The van der Waals surface area contributed by atoms with Crippen molar-refractivity contribution >= 4 is 15.9 Å². The maximum atomic E-state index is 13.2. The Morgan fingerprint density at radius 3 is 2.28 bits per heavy atom. The highest BCUT2D eigenvalue weighted by Crippen LogP contribution is 2.35.